The zero-order valence-corrected chi connectivity index (χ0v) is 18.9. The normalized spacial score (nSPS) is 11.1. The third kappa shape index (κ3) is 4.51. The van der Waals surface area contributed by atoms with Crippen LogP contribution in [0.5, 0.6) is 0 Å². The number of imidazole rings is 1. The van der Waals surface area contributed by atoms with E-state index in [0.29, 0.717) is 22.7 Å². The molecule has 0 unspecified atom stereocenters. The first-order valence-electron chi connectivity index (χ1n) is 10.5. The number of benzene rings is 2. The van der Waals surface area contributed by atoms with Crippen LogP contribution in [0.2, 0.25) is 5.02 Å². The summed E-state index contributed by atoms with van der Waals surface area (Å²) in [5, 5.41) is 12.9. The van der Waals surface area contributed by atoms with Gasteiger partial charge in [0.1, 0.15) is 5.82 Å². The fourth-order valence-electron chi connectivity index (χ4n) is 3.71. The number of anilines is 1. The second-order valence-electron chi connectivity index (χ2n) is 7.81. The minimum absolute atomic E-state index is 0.0387. The van der Waals surface area contributed by atoms with E-state index in [0.717, 1.165) is 17.0 Å². The first-order valence-corrected chi connectivity index (χ1v) is 10.9. The molecule has 3 aromatic heterocycles. The number of fused-ring (bicyclic) bond motifs is 1. The van der Waals surface area contributed by atoms with Gasteiger partial charge in [0.05, 0.1) is 36.9 Å². The van der Waals surface area contributed by atoms with Gasteiger partial charge in [0, 0.05) is 10.7 Å². The standard InChI is InChI=1S/C24H19ClFN7O/c1-15-2-7-22-29-30-23(33(22)31-15)11-24(34)32(13-16-8-18(25)10-19(26)9-16)20-5-3-17(4-6-20)21-12-27-14-28-21/h2-10,12,14H,11,13H2,1H3,(H,27,28). The number of H-pyrrole nitrogens is 1. The first-order chi connectivity index (χ1) is 16.5. The average Bonchev–Trinajstić information content (AvgIpc) is 3.48. The smallest absolute Gasteiger partial charge is 0.235 e. The van der Waals surface area contributed by atoms with E-state index >= 15 is 0 Å². The molecule has 0 atom stereocenters. The SMILES string of the molecule is Cc1ccc2nnc(CC(=O)N(Cc3cc(F)cc(Cl)c3)c3ccc(-c4cnc[nH]4)cc3)n2n1. The molecule has 0 fully saturated rings. The summed E-state index contributed by atoms with van der Waals surface area (Å²) in [5.74, 6) is -0.292. The second kappa shape index (κ2) is 9.03. The van der Waals surface area contributed by atoms with Crippen LogP contribution in [-0.4, -0.2) is 35.7 Å². The molecule has 0 spiro atoms. The summed E-state index contributed by atoms with van der Waals surface area (Å²) in [7, 11) is 0. The Morgan fingerprint density at radius 2 is 1.94 bits per heavy atom. The number of nitrogens with zero attached hydrogens (tertiary/aromatic N) is 6. The number of halogens is 2. The van der Waals surface area contributed by atoms with Crippen LogP contribution in [0.25, 0.3) is 16.9 Å². The zero-order valence-electron chi connectivity index (χ0n) is 18.1. The molecule has 0 aliphatic rings. The molecule has 8 nitrogen and oxygen atoms in total. The van der Waals surface area contributed by atoms with E-state index in [1.807, 2.05) is 37.3 Å². The van der Waals surface area contributed by atoms with Crippen LogP contribution in [0.4, 0.5) is 10.1 Å². The molecule has 2 aromatic carbocycles. The van der Waals surface area contributed by atoms with Crippen molar-refractivity contribution in [2.45, 2.75) is 19.9 Å². The lowest BCUT2D eigenvalue weighted by molar-refractivity contribution is -0.118. The molecule has 0 bridgehead atoms. The predicted octanol–water partition coefficient (Wildman–Crippen LogP) is 4.39. The van der Waals surface area contributed by atoms with Gasteiger partial charge >= 0.3 is 0 Å². The van der Waals surface area contributed by atoms with Crippen molar-refractivity contribution in [1.82, 2.24) is 29.8 Å². The summed E-state index contributed by atoms with van der Waals surface area (Å²) in [4.78, 5) is 22.2. The lowest BCUT2D eigenvalue weighted by atomic mass is 10.1. The van der Waals surface area contributed by atoms with Crippen LogP contribution in [0.3, 0.4) is 0 Å². The lowest BCUT2D eigenvalue weighted by Gasteiger charge is -2.23. The monoisotopic (exact) mass is 475 g/mol. The van der Waals surface area contributed by atoms with E-state index in [1.165, 1.54) is 12.1 Å². The number of carbonyl (C=O) groups excluding carboxylic acids is 1. The molecule has 170 valence electrons. The number of aromatic amines is 1. The highest BCUT2D eigenvalue weighted by Gasteiger charge is 2.21. The summed E-state index contributed by atoms with van der Waals surface area (Å²) in [6, 6.07) is 15.3. The molecule has 1 N–H and O–H groups in total. The number of aromatic nitrogens is 6. The number of aryl methyl sites for hydroxylation is 1. The molecule has 5 aromatic rings. The summed E-state index contributed by atoms with van der Waals surface area (Å²) in [6.45, 7) is 1.98. The van der Waals surface area contributed by atoms with E-state index in [1.54, 1.807) is 34.1 Å². The van der Waals surface area contributed by atoms with Crippen LogP contribution in [-0.2, 0) is 17.8 Å². The molecule has 0 saturated heterocycles. The molecule has 0 aliphatic heterocycles. The molecule has 0 radical (unpaired) electrons. The molecule has 0 aliphatic carbocycles. The zero-order chi connectivity index (χ0) is 23.7. The highest BCUT2D eigenvalue weighted by Crippen LogP contribution is 2.25. The van der Waals surface area contributed by atoms with Gasteiger partial charge in [0.25, 0.3) is 0 Å². The number of amides is 1. The number of carbonyl (C=O) groups is 1. The second-order valence-corrected chi connectivity index (χ2v) is 8.24. The maximum atomic E-state index is 14.0. The van der Waals surface area contributed by atoms with Gasteiger partial charge in [-0.05, 0) is 60.5 Å². The molecule has 10 heteroatoms. The Morgan fingerprint density at radius 3 is 2.68 bits per heavy atom. The fraction of sp³-hybridized carbons (Fsp3) is 0.125. The van der Waals surface area contributed by atoms with Crippen LogP contribution >= 0.6 is 11.6 Å². The number of nitrogens with one attached hydrogen (secondary N) is 1. The van der Waals surface area contributed by atoms with Crippen molar-refractivity contribution in [2.75, 3.05) is 4.90 Å². The molecule has 34 heavy (non-hydrogen) atoms. The van der Waals surface area contributed by atoms with Crippen LogP contribution in [0, 0.1) is 12.7 Å². The van der Waals surface area contributed by atoms with Crippen molar-refractivity contribution >= 4 is 28.8 Å². The van der Waals surface area contributed by atoms with Gasteiger partial charge in [-0.1, -0.05) is 23.7 Å². The van der Waals surface area contributed by atoms with Crippen LogP contribution in [0.15, 0.2) is 67.1 Å². The van der Waals surface area contributed by atoms with Crippen molar-refractivity contribution in [1.29, 1.82) is 0 Å². The van der Waals surface area contributed by atoms with Gasteiger partial charge in [-0.15, -0.1) is 10.2 Å². The Kier molecular flexibility index (Phi) is 5.77. The Balaban J connectivity index is 1.48. The van der Waals surface area contributed by atoms with Crippen molar-refractivity contribution < 1.29 is 9.18 Å². The highest BCUT2D eigenvalue weighted by molar-refractivity contribution is 6.30. The summed E-state index contributed by atoms with van der Waals surface area (Å²) in [6.07, 6.45) is 3.28. The number of hydrogen-bond acceptors (Lipinski definition) is 5. The molecule has 3 heterocycles. The van der Waals surface area contributed by atoms with E-state index in [4.69, 9.17) is 11.6 Å². The van der Waals surface area contributed by atoms with E-state index in [2.05, 4.69) is 25.3 Å². The fourth-order valence-corrected chi connectivity index (χ4v) is 3.95. The lowest BCUT2D eigenvalue weighted by Crippen LogP contribution is -2.32. The Labute approximate surface area is 199 Å². The molecular formula is C24H19ClFN7O. The van der Waals surface area contributed by atoms with Crippen molar-refractivity contribution in [3.05, 3.63) is 95.0 Å². The Morgan fingerprint density at radius 1 is 1.12 bits per heavy atom. The van der Waals surface area contributed by atoms with Crippen LogP contribution in [0.1, 0.15) is 17.1 Å². The maximum absolute atomic E-state index is 14.0. The van der Waals surface area contributed by atoms with Crippen LogP contribution < -0.4 is 4.90 Å². The maximum Gasteiger partial charge on any atom is 0.235 e. The van der Waals surface area contributed by atoms with Gasteiger partial charge in [-0.25, -0.2) is 9.37 Å². The van der Waals surface area contributed by atoms with E-state index < -0.39 is 5.82 Å². The molecular weight excluding hydrogens is 457 g/mol. The first kappa shape index (κ1) is 21.7. The third-order valence-electron chi connectivity index (χ3n) is 5.32. The quantitative estimate of drug-likeness (QED) is 0.393. The summed E-state index contributed by atoms with van der Waals surface area (Å²) >= 11 is 6.05. The van der Waals surface area contributed by atoms with Gasteiger partial charge in [-0.2, -0.15) is 9.61 Å². The van der Waals surface area contributed by atoms with E-state index in [-0.39, 0.29) is 23.9 Å². The summed E-state index contributed by atoms with van der Waals surface area (Å²) in [5.41, 5.74) is 4.33. The van der Waals surface area contributed by atoms with Crippen molar-refractivity contribution in [2.24, 2.45) is 0 Å². The topological polar surface area (TPSA) is 92.1 Å². The van der Waals surface area contributed by atoms with Crippen molar-refractivity contribution in [3.8, 4) is 11.3 Å². The summed E-state index contributed by atoms with van der Waals surface area (Å²) < 4.78 is 15.5. The largest absolute Gasteiger partial charge is 0.345 e. The molecule has 5 rings (SSSR count). The number of rotatable bonds is 6. The average molecular weight is 476 g/mol. The molecule has 0 saturated carbocycles. The minimum atomic E-state index is -0.465. The minimum Gasteiger partial charge on any atom is -0.345 e. The molecule has 1 amide bonds. The van der Waals surface area contributed by atoms with E-state index in [9.17, 15) is 9.18 Å². The Bertz CT molecular complexity index is 1440. The van der Waals surface area contributed by atoms with Gasteiger partial charge < -0.3 is 9.88 Å². The van der Waals surface area contributed by atoms with Gasteiger partial charge in [0.2, 0.25) is 5.91 Å². The van der Waals surface area contributed by atoms with Gasteiger partial charge in [-0.3, -0.25) is 4.79 Å². The predicted molar refractivity (Wildman–Crippen MR) is 126 cm³/mol. The number of hydrogen-bond donors (Lipinski definition) is 1. The third-order valence-corrected chi connectivity index (χ3v) is 5.54. The van der Waals surface area contributed by atoms with Gasteiger partial charge in [0.15, 0.2) is 11.5 Å². The highest BCUT2D eigenvalue weighted by atomic mass is 35.5. The Hall–Kier alpha value is -4.11. The van der Waals surface area contributed by atoms with Crippen molar-refractivity contribution in [3.63, 3.8) is 0 Å².